The molecule has 0 aliphatic heterocycles. The Balaban J connectivity index is 1.92. The van der Waals surface area contributed by atoms with Crippen molar-refractivity contribution in [1.82, 2.24) is 9.97 Å². The summed E-state index contributed by atoms with van der Waals surface area (Å²) in [6.07, 6.45) is 4.73. The Morgan fingerprint density at radius 1 is 0.833 bits per heavy atom. The lowest BCUT2D eigenvalue weighted by Crippen LogP contribution is -2.08. The number of nitrogens with two attached hydrogens (primary N) is 1. The summed E-state index contributed by atoms with van der Waals surface area (Å²) in [7, 11) is 0. The molecule has 24 heavy (non-hydrogen) atoms. The van der Waals surface area contributed by atoms with Crippen LogP contribution in [0.15, 0.2) is 48.8 Å². The lowest BCUT2D eigenvalue weighted by Gasteiger charge is -2.15. The van der Waals surface area contributed by atoms with E-state index >= 15 is 0 Å². The van der Waals surface area contributed by atoms with Crippen molar-refractivity contribution in [3.63, 3.8) is 0 Å². The molecule has 0 unspecified atom stereocenters. The van der Waals surface area contributed by atoms with Gasteiger partial charge in [0.15, 0.2) is 0 Å². The third-order valence-electron chi connectivity index (χ3n) is 4.60. The molecule has 0 spiro atoms. The van der Waals surface area contributed by atoms with Gasteiger partial charge in [-0.15, -0.1) is 0 Å². The first-order valence-electron chi connectivity index (χ1n) is 7.97. The van der Waals surface area contributed by atoms with Crippen LogP contribution in [0.5, 0.6) is 11.5 Å². The number of nitrogens with one attached hydrogen (secondary N) is 2. The fraction of sp³-hybridized carbons (Fsp3) is 0.158. The maximum absolute atomic E-state index is 9.85. The van der Waals surface area contributed by atoms with Gasteiger partial charge in [-0.05, 0) is 60.5 Å². The van der Waals surface area contributed by atoms with E-state index in [1.807, 2.05) is 24.5 Å². The molecule has 4 aromatic rings. The van der Waals surface area contributed by atoms with Gasteiger partial charge in [0.25, 0.3) is 0 Å². The summed E-state index contributed by atoms with van der Waals surface area (Å²) in [5.74, 6) is 0.555. The molecule has 2 aromatic carbocycles. The number of fused-ring (bicyclic) bond motifs is 2. The molecular formula is C19H19N3O2. The second-order valence-electron chi connectivity index (χ2n) is 6.08. The molecule has 0 fully saturated rings. The van der Waals surface area contributed by atoms with E-state index in [1.165, 1.54) is 0 Å². The molecule has 0 aliphatic carbocycles. The Bertz CT molecular complexity index is 936. The minimum Gasteiger partial charge on any atom is -0.508 e. The number of hydrogen-bond acceptors (Lipinski definition) is 3. The van der Waals surface area contributed by atoms with Crippen LogP contribution in [0.2, 0.25) is 0 Å². The lowest BCUT2D eigenvalue weighted by molar-refractivity contribution is 0.475. The highest BCUT2D eigenvalue weighted by Crippen LogP contribution is 2.38. The number of hydrogen-bond donors (Lipinski definition) is 5. The van der Waals surface area contributed by atoms with E-state index in [2.05, 4.69) is 9.97 Å². The molecule has 0 amide bonds. The molecule has 5 heteroatoms. The maximum atomic E-state index is 9.85. The zero-order valence-corrected chi connectivity index (χ0v) is 13.1. The van der Waals surface area contributed by atoms with Gasteiger partial charge in [-0.1, -0.05) is 0 Å². The number of aromatic amines is 2. The van der Waals surface area contributed by atoms with Crippen LogP contribution in [0, 0.1) is 0 Å². The second-order valence-corrected chi connectivity index (χ2v) is 6.08. The van der Waals surface area contributed by atoms with Crippen LogP contribution in [0.3, 0.4) is 0 Å². The number of aromatic hydroxyl groups is 2. The van der Waals surface area contributed by atoms with E-state index in [0.717, 1.165) is 39.4 Å². The Morgan fingerprint density at radius 2 is 1.33 bits per heavy atom. The van der Waals surface area contributed by atoms with Crippen molar-refractivity contribution < 1.29 is 10.2 Å². The SMILES string of the molecule is NCCC(c1c[nH]c2ccc(O)cc12)c1c[nH]c2ccc(O)cc12. The highest BCUT2D eigenvalue weighted by atomic mass is 16.3. The molecule has 0 atom stereocenters. The van der Waals surface area contributed by atoms with Crippen LogP contribution in [0.25, 0.3) is 21.8 Å². The summed E-state index contributed by atoms with van der Waals surface area (Å²) < 4.78 is 0. The van der Waals surface area contributed by atoms with Crippen LogP contribution in [0.1, 0.15) is 23.5 Å². The minimum atomic E-state index is 0.0705. The third-order valence-corrected chi connectivity index (χ3v) is 4.60. The monoisotopic (exact) mass is 321 g/mol. The molecule has 0 aliphatic rings. The van der Waals surface area contributed by atoms with Crippen molar-refractivity contribution in [2.24, 2.45) is 5.73 Å². The van der Waals surface area contributed by atoms with Gasteiger partial charge in [0, 0.05) is 40.1 Å². The summed E-state index contributed by atoms with van der Waals surface area (Å²) >= 11 is 0. The predicted octanol–water partition coefficient (Wildman–Crippen LogP) is 3.54. The molecular weight excluding hydrogens is 302 g/mol. The molecule has 4 rings (SSSR count). The summed E-state index contributed by atoms with van der Waals surface area (Å²) in [5.41, 5.74) is 10.0. The highest BCUT2D eigenvalue weighted by Gasteiger charge is 2.21. The molecule has 0 saturated carbocycles. The normalized spacial score (nSPS) is 11.8. The molecule has 5 nitrogen and oxygen atoms in total. The summed E-state index contributed by atoms with van der Waals surface area (Å²) in [6.45, 7) is 0.543. The number of H-pyrrole nitrogens is 2. The summed E-state index contributed by atoms with van der Waals surface area (Å²) in [6, 6.07) is 10.6. The Morgan fingerprint density at radius 3 is 1.79 bits per heavy atom. The lowest BCUT2D eigenvalue weighted by atomic mass is 9.88. The molecule has 0 bridgehead atoms. The minimum absolute atomic E-state index is 0.0705. The first kappa shape index (κ1) is 14.7. The van der Waals surface area contributed by atoms with Gasteiger partial charge >= 0.3 is 0 Å². The largest absolute Gasteiger partial charge is 0.508 e. The van der Waals surface area contributed by atoms with Crippen molar-refractivity contribution >= 4 is 21.8 Å². The maximum Gasteiger partial charge on any atom is 0.116 e. The van der Waals surface area contributed by atoms with Crippen LogP contribution >= 0.6 is 0 Å². The summed E-state index contributed by atoms with van der Waals surface area (Å²) in [5, 5.41) is 21.7. The topological polar surface area (TPSA) is 98.1 Å². The van der Waals surface area contributed by atoms with E-state index in [0.29, 0.717) is 6.54 Å². The van der Waals surface area contributed by atoms with Crippen molar-refractivity contribution in [3.05, 3.63) is 59.9 Å². The van der Waals surface area contributed by atoms with Gasteiger partial charge in [0.05, 0.1) is 0 Å². The van der Waals surface area contributed by atoms with Crippen molar-refractivity contribution in [1.29, 1.82) is 0 Å². The number of aromatic nitrogens is 2. The van der Waals surface area contributed by atoms with Crippen LogP contribution in [-0.4, -0.2) is 26.7 Å². The Labute approximate surface area is 138 Å². The van der Waals surface area contributed by atoms with Gasteiger partial charge in [0.2, 0.25) is 0 Å². The molecule has 0 saturated heterocycles. The smallest absolute Gasteiger partial charge is 0.116 e. The zero-order chi connectivity index (χ0) is 16.7. The van der Waals surface area contributed by atoms with E-state index in [-0.39, 0.29) is 17.4 Å². The number of phenols is 2. The van der Waals surface area contributed by atoms with Gasteiger partial charge in [0.1, 0.15) is 11.5 Å². The third kappa shape index (κ3) is 2.30. The van der Waals surface area contributed by atoms with Crippen molar-refractivity contribution in [2.45, 2.75) is 12.3 Å². The van der Waals surface area contributed by atoms with Crippen molar-refractivity contribution in [2.75, 3.05) is 6.54 Å². The first-order valence-corrected chi connectivity index (χ1v) is 7.97. The standard InChI is InChI=1S/C19H19N3O2/c20-6-5-13(16-9-21-18-3-1-11(23)7-14(16)18)17-10-22-19-4-2-12(24)8-15(17)19/h1-4,7-10,13,21-24H,5-6,20H2. The molecule has 122 valence electrons. The van der Waals surface area contributed by atoms with Crippen LogP contribution in [-0.2, 0) is 0 Å². The molecule has 2 aromatic heterocycles. The van der Waals surface area contributed by atoms with Crippen molar-refractivity contribution in [3.8, 4) is 11.5 Å². The van der Waals surface area contributed by atoms with Gasteiger partial charge in [-0.3, -0.25) is 0 Å². The van der Waals surface area contributed by atoms with Gasteiger partial charge in [-0.2, -0.15) is 0 Å². The van der Waals surface area contributed by atoms with Crippen LogP contribution in [0.4, 0.5) is 0 Å². The number of rotatable bonds is 4. The fourth-order valence-electron chi connectivity index (χ4n) is 3.48. The second kappa shape index (κ2) is 5.62. The fourth-order valence-corrected chi connectivity index (χ4v) is 3.48. The Hall–Kier alpha value is -2.92. The molecule has 0 radical (unpaired) electrons. The zero-order valence-electron chi connectivity index (χ0n) is 13.1. The van der Waals surface area contributed by atoms with Gasteiger partial charge in [-0.25, -0.2) is 0 Å². The number of phenolic OH excluding ortho intramolecular Hbond substituents is 2. The van der Waals surface area contributed by atoms with E-state index in [1.54, 1.807) is 24.3 Å². The molecule has 2 heterocycles. The predicted molar refractivity (Wildman–Crippen MR) is 95.4 cm³/mol. The Kier molecular flexibility index (Phi) is 3.43. The highest BCUT2D eigenvalue weighted by molar-refractivity contribution is 5.89. The molecule has 6 N–H and O–H groups in total. The first-order chi connectivity index (χ1) is 11.7. The van der Waals surface area contributed by atoms with E-state index < -0.39 is 0 Å². The average molecular weight is 321 g/mol. The quantitative estimate of drug-likeness (QED) is 0.397. The average Bonchev–Trinajstić information content (AvgIpc) is 3.16. The summed E-state index contributed by atoms with van der Waals surface area (Å²) in [4.78, 5) is 6.53. The van der Waals surface area contributed by atoms with E-state index in [4.69, 9.17) is 5.73 Å². The van der Waals surface area contributed by atoms with E-state index in [9.17, 15) is 10.2 Å². The number of benzene rings is 2. The van der Waals surface area contributed by atoms with Gasteiger partial charge < -0.3 is 25.9 Å². The van der Waals surface area contributed by atoms with Crippen LogP contribution < -0.4 is 5.73 Å².